The maximum absolute atomic E-state index is 11.9. The van der Waals surface area contributed by atoms with Crippen molar-refractivity contribution in [1.82, 2.24) is 10.2 Å². The Morgan fingerprint density at radius 2 is 2.12 bits per heavy atom. The molecule has 6 nitrogen and oxygen atoms in total. The van der Waals surface area contributed by atoms with E-state index in [0.717, 1.165) is 30.8 Å². The smallest absolute Gasteiger partial charge is 0.169 e. The van der Waals surface area contributed by atoms with Crippen LogP contribution >= 0.6 is 12.2 Å². The molecule has 2 aliphatic heterocycles. The van der Waals surface area contributed by atoms with E-state index in [-0.39, 0.29) is 23.7 Å². The topological polar surface area (TPSA) is 67.9 Å². The van der Waals surface area contributed by atoms with E-state index in [2.05, 4.69) is 5.32 Å². The highest BCUT2D eigenvalue weighted by Crippen LogP contribution is 2.22. The molecule has 1 aromatic carbocycles. The number of hydrogen-bond acceptors (Lipinski definition) is 5. The Balaban J connectivity index is 1.63. The number of ether oxygens (including phenoxy) is 2. The van der Waals surface area contributed by atoms with Crippen LogP contribution in [-0.4, -0.2) is 62.3 Å². The zero-order valence-corrected chi connectivity index (χ0v) is 16.7. The molecular weight excluding hydrogens is 372 g/mol. The van der Waals surface area contributed by atoms with Crippen molar-refractivity contribution in [3.05, 3.63) is 29.8 Å². The molecule has 0 saturated carbocycles. The number of benzene rings is 1. The highest BCUT2D eigenvalue weighted by Gasteiger charge is 2.35. The molecule has 0 spiro atoms. The second-order valence-electron chi connectivity index (χ2n) is 6.85. The fraction of sp³-hybridized carbons (Fsp3) is 0.611. The van der Waals surface area contributed by atoms with Gasteiger partial charge >= 0.3 is 0 Å². The molecule has 2 fully saturated rings. The molecule has 144 valence electrons. The summed E-state index contributed by atoms with van der Waals surface area (Å²) in [6.45, 7) is 2.01. The van der Waals surface area contributed by atoms with Gasteiger partial charge in [-0.15, -0.1) is 0 Å². The van der Waals surface area contributed by atoms with Crippen molar-refractivity contribution in [2.75, 3.05) is 31.8 Å². The minimum Gasteiger partial charge on any atom is -0.497 e. The maximum atomic E-state index is 11.9. The van der Waals surface area contributed by atoms with E-state index in [1.165, 1.54) is 0 Å². The summed E-state index contributed by atoms with van der Waals surface area (Å²) in [6.07, 6.45) is 2.79. The van der Waals surface area contributed by atoms with E-state index < -0.39 is 9.84 Å². The molecule has 0 aromatic heterocycles. The number of thiocarbonyl (C=S) groups is 1. The van der Waals surface area contributed by atoms with Crippen LogP contribution in [0.1, 0.15) is 24.8 Å². The third-order valence-electron chi connectivity index (χ3n) is 4.94. The lowest BCUT2D eigenvalue weighted by molar-refractivity contribution is 0.0841. The van der Waals surface area contributed by atoms with E-state index in [1.807, 2.05) is 29.2 Å². The molecule has 2 saturated heterocycles. The van der Waals surface area contributed by atoms with Crippen LogP contribution in [0.25, 0.3) is 0 Å². The predicted molar refractivity (Wildman–Crippen MR) is 105 cm³/mol. The van der Waals surface area contributed by atoms with Crippen LogP contribution < -0.4 is 10.1 Å². The van der Waals surface area contributed by atoms with Gasteiger partial charge in [0.2, 0.25) is 0 Å². The van der Waals surface area contributed by atoms with Gasteiger partial charge in [-0.2, -0.15) is 0 Å². The van der Waals surface area contributed by atoms with Crippen molar-refractivity contribution in [3.63, 3.8) is 0 Å². The van der Waals surface area contributed by atoms with Gasteiger partial charge in [0.1, 0.15) is 5.75 Å². The van der Waals surface area contributed by atoms with Crippen LogP contribution in [0.15, 0.2) is 24.3 Å². The van der Waals surface area contributed by atoms with Gasteiger partial charge in [-0.1, -0.05) is 12.1 Å². The van der Waals surface area contributed by atoms with Crippen molar-refractivity contribution < 1.29 is 17.9 Å². The quantitative estimate of drug-likeness (QED) is 0.732. The lowest BCUT2D eigenvalue weighted by Crippen LogP contribution is -2.49. The second kappa shape index (κ2) is 8.54. The summed E-state index contributed by atoms with van der Waals surface area (Å²) in [6, 6.07) is 7.72. The van der Waals surface area contributed by atoms with Crippen LogP contribution in [0.2, 0.25) is 0 Å². The van der Waals surface area contributed by atoms with Crippen molar-refractivity contribution >= 4 is 27.2 Å². The monoisotopic (exact) mass is 398 g/mol. The van der Waals surface area contributed by atoms with Gasteiger partial charge in [0.25, 0.3) is 0 Å². The Hall–Kier alpha value is -1.38. The van der Waals surface area contributed by atoms with Crippen LogP contribution in [0.4, 0.5) is 0 Å². The van der Waals surface area contributed by atoms with E-state index >= 15 is 0 Å². The van der Waals surface area contributed by atoms with Crippen LogP contribution in [0.5, 0.6) is 5.75 Å². The minimum absolute atomic E-state index is 0.0694. The first kappa shape index (κ1) is 19.4. The summed E-state index contributed by atoms with van der Waals surface area (Å²) >= 11 is 5.61. The average molecular weight is 399 g/mol. The van der Waals surface area contributed by atoms with Gasteiger partial charge < -0.3 is 19.7 Å². The number of methoxy groups -OCH3 is 1. The molecule has 0 unspecified atom stereocenters. The Morgan fingerprint density at radius 3 is 2.69 bits per heavy atom. The first-order chi connectivity index (χ1) is 12.5. The van der Waals surface area contributed by atoms with E-state index in [4.69, 9.17) is 21.7 Å². The molecule has 1 N–H and O–H groups in total. The zero-order chi connectivity index (χ0) is 18.6. The largest absolute Gasteiger partial charge is 0.497 e. The van der Waals surface area contributed by atoms with Crippen molar-refractivity contribution in [1.29, 1.82) is 0 Å². The molecule has 0 amide bonds. The highest BCUT2D eigenvalue weighted by atomic mass is 32.2. The van der Waals surface area contributed by atoms with Gasteiger partial charge in [0, 0.05) is 25.7 Å². The molecular formula is C18H26N2O4S2. The standard InChI is InChI=1S/C18H26N2O4S2/c1-23-16-6-4-14(5-7-16)11-19-18(25)20(12-17-3-2-9-24-17)15-8-10-26(21,22)13-15/h4-7,15,17H,2-3,8-13H2,1H3,(H,19,25)/t15-,17-/m0/s1. The lowest BCUT2D eigenvalue weighted by atomic mass is 10.1. The van der Waals surface area contributed by atoms with E-state index in [9.17, 15) is 8.42 Å². The molecule has 2 atom stereocenters. The van der Waals surface area contributed by atoms with Gasteiger partial charge in [-0.3, -0.25) is 0 Å². The Bertz CT molecular complexity index is 715. The number of rotatable bonds is 6. The zero-order valence-electron chi connectivity index (χ0n) is 15.0. The number of nitrogens with one attached hydrogen (secondary N) is 1. The molecule has 1 aromatic rings. The summed E-state index contributed by atoms with van der Waals surface area (Å²) in [7, 11) is -1.33. The third kappa shape index (κ3) is 5.08. The van der Waals surface area contributed by atoms with Gasteiger partial charge in [-0.05, 0) is 49.2 Å². The third-order valence-corrected chi connectivity index (χ3v) is 7.07. The van der Waals surface area contributed by atoms with Crippen molar-refractivity contribution in [2.45, 2.75) is 38.0 Å². The summed E-state index contributed by atoms with van der Waals surface area (Å²) < 4.78 is 34.7. The molecule has 0 bridgehead atoms. The molecule has 3 rings (SSSR count). The summed E-state index contributed by atoms with van der Waals surface area (Å²) in [5.41, 5.74) is 1.09. The second-order valence-corrected chi connectivity index (χ2v) is 9.47. The summed E-state index contributed by atoms with van der Waals surface area (Å²) in [4.78, 5) is 2.03. The van der Waals surface area contributed by atoms with Crippen molar-refractivity contribution in [3.8, 4) is 5.75 Å². The molecule has 2 aliphatic rings. The SMILES string of the molecule is COc1ccc(CNC(=S)N(C[C@@H]2CCCO2)[C@H]2CCS(=O)(=O)C2)cc1. The molecule has 0 aliphatic carbocycles. The summed E-state index contributed by atoms with van der Waals surface area (Å²) in [5, 5.41) is 3.88. The Morgan fingerprint density at radius 1 is 1.35 bits per heavy atom. The Labute approximate surface area is 160 Å². The van der Waals surface area contributed by atoms with Crippen molar-refractivity contribution in [2.24, 2.45) is 0 Å². The normalized spacial score (nSPS) is 24.3. The molecule has 8 heteroatoms. The lowest BCUT2D eigenvalue weighted by Gasteiger charge is -2.33. The fourth-order valence-electron chi connectivity index (χ4n) is 3.45. The highest BCUT2D eigenvalue weighted by molar-refractivity contribution is 7.91. The van der Waals surface area contributed by atoms with Gasteiger partial charge in [0.05, 0.1) is 24.7 Å². The van der Waals surface area contributed by atoms with Crippen LogP contribution in [-0.2, 0) is 21.1 Å². The molecule has 2 heterocycles. The Kier molecular flexibility index (Phi) is 6.37. The molecule has 26 heavy (non-hydrogen) atoms. The minimum atomic E-state index is -2.97. The first-order valence-electron chi connectivity index (χ1n) is 8.96. The number of nitrogens with zero attached hydrogens (tertiary/aromatic N) is 1. The van der Waals surface area contributed by atoms with Crippen LogP contribution in [0, 0.1) is 0 Å². The fourth-order valence-corrected chi connectivity index (χ4v) is 5.48. The summed E-state index contributed by atoms with van der Waals surface area (Å²) in [5.74, 6) is 1.22. The van der Waals surface area contributed by atoms with E-state index in [1.54, 1.807) is 7.11 Å². The number of sulfone groups is 1. The van der Waals surface area contributed by atoms with Gasteiger partial charge in [-0.25, -0.2) is 8.42 Å². The molecule has 0 radical (unpaired) electrons. The first-order valence-corrected chi connectivity index (χ1v) is 11.2. The maximum Gasteiger partial charge on any atom is 0.169 e. The van der Waals surface area contributed by atoms with Gasteiger partial charge in [0.15, 0.2) is 14.9 Å². The number of hydrogen-bond donors (Lipinski definition) is 1. The van der Waals surface area contributed by atoms with Crippen LogP contribution in [0.3, 0.4) is 0 Å². The average Bonchev–Trinajstić information content (AvgIpc) is 3.27. The predicted octanol–water partition coefficient (Wildman–Crippen LogP) is 1.74. The van der Waals surface area contributed by atoms with E-state index in [0.29, 0.717) is 24.6 Å².